The third kappa shape index (κ3) is 8.15. The lowest BCUT2D eigenvalue weighted by molar-refractivity contribution is -0.121. The largest absolute Gasteiger partial charge is 0.493 e. The number of nitrogens with one attached hydrogen (secondary N) is 1. The number of benzene rings is 2. The Hall–Kier alpha value is -3.02. The Labute approximate surface area is 177 Å². The number of terminal acetylenes is 1. The van der Waals surface area contributed by atoms with E-state index in [2.05, 4.69) is 11.2 Å². The topological polar surface area (TPSA) is 102 Å². The molecule has 0 bridgehead atoms. The predicted octanol–water partition coefficient (Wildman–Crippen LogP) is 2.39. The second-order valence-corrected chi connectivity index (χ2v) is 8.18. The van der Waals surface area contributed by atoms with Gasteiger partial charge in [0.2, 0.25) is 5.91 Å². The summed E-state index contributed by atoms with van der Waals surface area (Å²) in [6.07, 6.45) is 6.30. The maximum Gasteiger partial charge on any atom is 0.265 e. The second-order valence-electron chi connectivity index (χ2n) is 6.61. The number of rotatable bonds is 11. The van der Waals surface area contributed by atoms with Crippen molar-refractivity contribution in [2.45, 2.75) is 25.8 Å². The Morgan fingerprint density at radius 2 is 1.73 bits per heavy atom. The zero-order chi connectivity index (χ0) is 22.0. The van der Waals surface area contributed by atoms with Gasteiger partial charge in [0.15, 0.2) is 11.5 Å². The van der Waals surface area contributed by atoms with Gasteiger partial charge in [-0.3, -0.25) is 9.35 Å². The number of ether oxygens (including phenoxy) is 2. The molecule has 0 unspecified atom stereocenters. The first-order valence-electron chi connectivity index (χ1n) is 9.33. The highest BCUT2D eigenvalue weighted by molar-refractivity contribution is 7.85. The minimum atomic E-state index is -3.97. The Kier molecular flexibility index (Phi) is 8.71. The van der Waals surface area contributed by atoms with E-state index in [9.17, 15) is 13.2 Å². The Bertz CT molecular complexity index is 993. The van der Waals surface area contributed by atoms with Crippen LogP contribution in [-0.4, -0.2) is 38.3 Å². The van der Waals surface area contributed by atoms with Crippen molar-refractivity contribution >= 4 is 16.0 Å². The molecule has 2 aromatic carbocycles. The number of hydrogen-bond donors (Lipinski definition) is 2. The first-order chi connectivity index (χ1) is 14.3. The van der Waals surface area contributed by atoms with E-state index in [0.717, 1.165) is 16.7 Å². The molecule has 1 amide bonds. The summed E-state index contributed by atoms with van der Waals surface area (Å²) in [6.45, 7) is 0.527. The summed E-state index contributed by atoms with van der Waals surface area (Å²) in [4.78, 5) is 12.1. The van der Waals surface area contributed by atoms with E-state index >= 15 is 0 Å². The van der Waals surface area contributed by atoms with Crippen LogP contribution in [0.4, 0.5) is 0 Å². The molecule has 0 aliphatic rings. The summed E-state index contributed by atoms with van der Waals surface area (Å²) < 4.78 is 41.1. The standard InChI is InChI=1S/C22H25NO6S/c1-3-13-29-20-10-8-18(15-21(20)28-2)9-11-22(24)23-16-19-6-4-17(5-7-19)12-14-30(25,26)27/h1,4-8,10,15H,9,11-14,16H2,2H3,(H,23,24)(H,25,26,27). The summed E-state index contributed by atoms with van der Waals surface area (Å²) >= 11 is 0. The van der Waals surface area contributed by atoms with Crippen LogP contribution in [0.1, 0.15) is 23.1 Å². The van der Waals surface area contributed by atoms with Gasteiger partial charge in [-0.2, -0.15) is 8.42 Å². The van der Waals surface area contributed by atoms with Crippen LogP contribution in [0, 0.1) is 12.3 Å². The van der Waals surface area contributed by atoms with E-state index in [1.165, 1.54) is 0 Å². The summed E-state index contributed by atoms with van der Waals surface area (Å²) in [7, 11) is -2.43. The molecular weight excluding hydrogens is 406 g/mol. The van der Waals surface area contributed by atoms with Crippen LogP contribution in [-0.2, 0) is 34.3 Å². The van der Waals surface area contributed by atoms with Gasteiger partial charge in [0.1, 0.15) is 6.61 Å². The van der Waals surface area contributed by atoms with Crippen LogP contribution in [0.2, 0.25) is 0 Å². The quantitative estimate of drug-likeness (QED) is 0.418. The van der Waals surface area contributed by atoms with Crippen LogP contribution < -0.4 is 14.8 Å². The fraction of sp³-hybridized carbons (Fsp3) is 0.318. The zero-order valence-corrected chi connectivity index (χ0v) is 17.6. The van der Waals surface area contributed by atoms with Crippen LogP contribution in [0.15, 0.2) is 42.5 Å². The van der Waals surface area contributed by atoms with Gasteiger partial charge < -0.3 is 14.8 Å². The van der Waals surface area contributed by atoms with Gasteiger partial charge in [-0.15, -0.1) is 6.42 Å². The fourth-order valence-corrected chi connectivity index (χ4v) is 3.22. The molecule has 0 fully saturated rings. The Morgan fingerprint density at radius 1 is 1.07 bits per heavy atom. The summed E-state index contributed by atoms with van der Waals surface area (Å²) in [5.74, 6) is 3.13. The molecule has 2 N–H and O–H groups in total. The summed E-state index contributed by atoms with van der Waals surface area (Å²) in [5, 5.41) is 2.86. The van der Waals surface area contributed by atoms with Gasteiger partial charge in [-0.1, -0.05) is 36.3 Å². The number of hydrogen-bond acceptors (Lipinski definition) is 5. The second kappa shape index (κ2) is 11.2. The smallest absolute Gasteiger partial charge is 0.265 e. The molecule has 0 aliphatic carbocycles. The number of aryl methyl sites for hydroxylation is 2. The molecule has 0 spiro atoms. The zero-order valence-electron chi connectivity index (χ0n) is 16.8. The summed E-state index contributed by atoms with van der Waals surface area (Å²) in [6, 6.07) is 12.7. The van der Waals surface area contributed by atoms with Gasteiger partial charge in [0, 0.05) is 13.0 Å². The van der Waals surface area contributed by atoms with Gasteiger partial charge >= 0.3 is 0 Å². The van der Waals surface area contributed by atoms with Crippen molar-refractivity contribution in [3.05, 3.63) is 59.2 Å². The molecule has 2 aromatic rings. The number of carbonyl (C=O) groups excluding carboxylic acids is 1. The van der Waals surface area contributed by atoms with Crippen molar-refractivity contribution in [1.29, 1.82) is 0 Å². The van der Waals surface area contributed by atoms with E-state index < -0.39 is 10.1 Å². The van der Waals surface area contributed by atoms with E-state index in [1.54, 1.807) is 25.3 Å². The SMILES string of the molecule is C#CCOc1ccc(CCC(=O)NCc2ccc(CCS(=O)(=O)O)cc2)cc1OC. The third-order valence-electron chi connectivity index (χ3n) is 4.34. The first-order valence-corrected chi connectivity index (χ1v) is 10.9. The highest BCUT2D eigenvalue weighted by atomic mass is 32.2. The monoisotopic (exact) mass is 431 g/mol. The maximum atomic E-state index is 12.1. The lowest BCUT2D eigenvalue weighted by Gasteiger charge is -2.11. The number of methoxy groups -OCH3 is 1. The lowest BCUT2D eigenvalue weighted by Crippen LogP contribution is -2.23. The van der Waals surface area contributed by atoms with Crippen molar-refractivity contribution in [3.8, 4) is 23.8 Å². The van der Waals surface area contributed by atoms with Crippen LogP contribution in [0.25, 0.3) is 0 Å². The van der Waals surface area contributed by atoms with Crippen molar-refractivity contribution in [3.63, 3.8) is 0 Å². The Balaban J connectivity index is 1.80. The molecule has 0 heterocycles. The molecule has 0 aliphatic heterocycles. The molecule has 160 valence electrons. The molecule has 30 heavy (non-hydrogen) atoms. The van der Waals surface area contributed by atoms with Gasteiger partial charge in [0.05, 0.1) is 12.9 Å². The molecule has 0 saturated carbocycles. The van der Waals surface area contributed by atoms with E-state index in [1.807, 2.05) is 24.3 Å². The van der Waals surface area contributed by atoms with Crippen molar-refractivity contribution in [1.82, 2.24) is 5.32 Å². The molecule has 8 heteroatoms. The molecular formula is C22H25NO6S. The minimum Gasteiger partial charge on any atom is -0.493 e. The lowest BCUT2D eigenvalue weighted by atomic mass is 10.1. The third-order valence-corrected chi connectivity index (χ3v) is 5.06. The van der Waals surface area contributed by atoms with Gasteiger partial charge in [-0.05, 0) is 41.7 Å². The summed E-state index contributed by atoms with van der Waals surface area (Å²) in [5.41, 5.74) is 2.64. The molecule has 7 nitrogen and oxygen atoms in total. The molecule has 0 saturated heterocycles. The van der Waals surface area contributed by atoms with E-state index in [0.29, 0.717) is 30.9 Å². The van der Waals surface area contributed by atoms with Crippen LogP contribution in [0.5, 0.6) is 11.5 Å². The van der Waals surface area contributed by atoms with E-state index in [-0.39, 0.29) is 24.7 Å². The van der Waals surface area contributed by atoms with E-state index in [4.69, 9.17) is 20.4 Å². The average Bonchev–Trinajstić information content (AvgIpc) is 2.73. The van der Waals surface area contributed by atoms with Crippen molar-refractivity contribution in [2.24, 2.45) is 0 Å². The van der Waals surface area contributed by atoms with Crippen LogP contribution in [0.3, 0.4) is 0 Å². The van der Waals surface area contributed by atoms with Gasteiger partial charge in [-0.25, -0.2) is 0 Å². The van der Waals surface area contributed by atoms with Crippen LogP contribution >= 0.6 is 0 Å². The normalized spacial score (nSPS) is 10.8. The highest BCUT2D eigenvalue weighted by Crippen LogP contribution is 2.28. The molecule has 0 radical (unpaired) electrons. The van der Waals surface area contributed by atoms with Gasteiger partial charge in [0.25, 0.3) is 10.1 Å². The molecule has 0 atom stereocenters. The predicted molar refractivity (Wildman–Crippen MR) is 114 cm³/mol. The van der Waals surface area contributed by atoms with Crippen molar-refractivity contribution in [2.75, 3.05) is 19.5 Å². The minimum absolute atomic E-state index is 0.0860. The Morgan fingerprint density at radius 3 is 2.37 bits per heavy atom. The molecule has 0 aromatic heterocycles. The van der Waals surface area contributed by atoms with Crippen molar-refractivity contribution < 1.29 is 27.2 Å². The maximum absolute atomic E-state index is 12.1. The average molecular weight is 432 g/mol. The molecule has 2 rings (SSSR count). The fourth-order valence-electron chi connectivity index (χ4n) is 2.72. The number of amides is 1. The number of carbonyl (C=O) groups is 1. The first kappa shape index (κ1) is 23.3. The highest BCUT2D eigenvalue weighted by Gasteiger charge is 2.08.